The predicted octanol–water partition coefficient (Wildman–Crippen LogP) is 10.1. The van der Waals surface area contributed by atoms with Gasteiger partial charge >= 0.3 is 20.1 Å². The molecule has 49 heavy (non-hydrogen) atoms. The van der Waals surface area contributed by atoms with Gasteiger partial charge in [-0.25, -0.2) is 0 Å². The topological polar surface area (TPSA) is 60.1 Å². The molecule has 5 aromatic carbocycles. The number of rotatable bonds is 7. The SMILES string of the molecule is CC(O)CC(C)[N-]c1ccccc1.[Ir+3].[c-]1ccccc1-c1nc([C@]2(c3ccccn3)c3[c-]cccc3-c3ccccc32)cc2ccccc12. The Kier molecular flexibility index (Phi) is 10.5. The molecule has 4 nitrogen and oxygen atoms in total. The van der Waals surface area contributed by atoms with Crippen LogP contribution in [0.4, 0.5) is 5.69 Å². The number of aliphatic hydroxyl groups excluding tert-OH is 1. The van der Waals surface area contributed by atoms with Crippen LogP contribution in [-0.2, 0) is 25.5 Å². The predicted molar refractivity (Wildman–Crippen MR) is 195 cm³/mol. The van der Waals surface area contributed by atoms with Crippen LogP contribution >= 0.6 is 0 Å². The maximum absolute atomic E-state index is 9.14. The van der Waals surface area contributed by atoms with Gasteiger partial charge in [-0.05, 0) is 53.6 Å². The van der Waals surface area contributed by atoms with E-state index in [2.05, 4.69) is 102 Å². The van der Waals surface area contributed by atoms with E-state index >= 15 is 0 Å². The van der Waals surface area contributed by atoms with Gasteiger partial charge in [0.1, 0.15) is 0 Å². The van der Waals surface area contributed by atoms with Crippen molar-refractivity contribution >= 4 is 16.5 Å². The Morgan fingerprint density at radius 1 is 0.714 bits per heavy atom. The van der Waals surface area contributed by atoms with Gasteiger partial charge in [0.25, 0.3) is 0 Å². The Labute approximate surface area is 302 Å². The van der Waals surface area contributed by atoms with Gasteiger partial charge in [0.05, 0.1) is 11.1 Å². The van der Waals surface area contributed by atoms with Gasteiger partial charge < -0.3 is 10.4 Å². The van der Waals surface area contributed by atoms with E-state index in [4.69, 9.17) is 15.1 Å². The fourth-order valence-electron chi connectivity index (χ4n) is 6.85. The third kappa shape index (κ3) is 6.71. The van der Waals surface area contributed by atoms with Crippen LogP contribution in [-0.4, -0.2) is 27.2 Å². The van der Waals surface area contributed by atoms with Crippen LogP contribution in [0.5, 0.6) is 0 Å². The number of aliphatic hydroxyl groups is 1. The second kappa shape index (κ2) is 15.1. The number of para-hydroxylation sites is 1. The number of benzene rings is 5. The number of hydrogen-bond acceptors (Lipinski definition) is 3. The van der Waals surface area contributed by atoms with Crippen LogP contribution < -0.4 is 0 Å². The summed E-state index contributed by atoms with van der Waals surface area (Å²) in [6.07, 6.45) is 2.31. The quantitative estimate of drug-likeness (QED) is 0.163. The molecule has 2 heterocycles. The number of aromatic nitrogens is 2. The molecule has 0 saturated heterocycles. The van der Waals surface area contributed by atoms with Gasteiger partial charge in [-0.1, -0.05) is 97.4 Å². The van der Waals surface area contributed by atoms with Crippen molar-refractivity contribution in [3.8, 4) is 22.4 Å². The number of nitrogens with zero attached hydrogens (tertiary/aromatic N) is 3. The molecule has 0 amide bonds. The van der Waals surface area contributed by atoms with Crippen LogP contribution in [0.2, 0.25) is 0 Å². The minimum atomic E-state index is -0.679. The van der Waals surface area contributed by atoms with Gasteiger partial charge in [-0.15, -0.1) is 58.8 Å². The standard InChI is InChI=1S/C33H20N2.C11H16NO.Ir/c1-2-12-23(13-3-1)32-25-15-5-4-14-24(25)22-31(35-32)33(30-20-10-11-21-34-30)28-18-8-6-16-26(28)27-17-7-9-19-29(27)33;1-9(8-10(2)13)12-11-6-4-3-5-7-11;/h1-12,14-18,20-22H;3-7,9-10,13H,8H2,1-2H3;/q-2;-1;+3/t33-;;/m0../s1. The summed E-state index contributed by atoms with van der Waals surface area (Å²) in [5, 5.41) is 15.8. The Bertz CT molecular complexity index is 2090. The third-order valence-corrected chi connectivity index (χ3v) is 8.80. The van der Waals surface area contributed by atoms with Crippen LogP contribution in [0.25, 0.3) is 38.5 Å². The third-order valence-electron chi connectivity index (χ3n) is 8.80. The largest absolute Gasteiger partial charge is 3.00 e. The van der Waals surface area contributed by atoms with Crippen molar-refractivity contribution < 1.29 is 25.2 Å². The fraction of sp³-hybridized carbons (Fsp3) is 0.136. The first-order valence-corrected chi connectivity index (χ1v) is 16.4. The van der Waals surface area contributed by atoms with Crippen molar-refractivity contribution in [1.82, 2.24) is 9.97 Å². The number of pyridine rings is 2. The van der Waals surface area contributed by atoms with Crippen molar-refractivity contribution in [2.45, 2.75) is 37.8 Å². The molecule has 0 radical (unpaired) electrons. The number of fused-ring (bicyclic) bond motifs is 4. The molecule has 1 aliphatic carbocycles. The molecule has 0 aliphatic heterocycles. The van der Waals surface area contributed by atoms with Crippen molar-refractivity contribution in [2.24, 2.45) is 0 Å². The van der Waals surface area contributed by atoms with Crippen molar-refractivity contribution in [1.29, 1.82) is 0 Å². The molecule has 7 aromatic rings. The van der Waals surface area contributed by atoms with Crippen LogP contribution in [0, 0.1) is 12.1 Å². The average molecular weight is 815 g/mol. The molecule has 0 saturated carbocycles. The van der Waals surface area contributed by atoms with E-state index < -0.39 is 5.41 Å². The summed E-state index contributed by atoms with van der Waals surface area (Å²) in [4.78, 5) is 10.3. The molecule has 3 atom stereocenters. The number of hydrogen-bond donors (Lipinski definition) is 1. The summed E-state index contributed by atoms with van der Waals surface area (Å²) < 4.78 is 0. The summed E-state index contributed by atoms with van der Waals surface area (Å²) in [6.45, 7) is 3.80. The molecule has 2 aromatic heterocycles. The smallest absolute Gasteiger partial charge is 0.682 e. The van der Waals surface area contributed by atoms with E-state index in [0.717, 1.165) is 51.1 Å². The van der Waals surface area contributed by atoms with Crippen LogP contribution in [0.1, 0.15) is 42.8 Å². The van der Waals surface area contributed by atoms with E-state index in [1.807, 2.05) is 73.8 Å². The van der Waals surface area contributed by atoms with Crippen LogP contribution in [0.15, 0.2) is 152 Å². The van der Waals surface area contributed by atoms with Gasteiger partial charge in [0.2, 0.25) is 0 Å². The zero-order valence-corrected chi connectivity index (χ0v) is 29.8. The maximum Gasteiger partial charge on any atom is 3.00 e. The molecular weight excluding hydrogens is 779 g/mol. The van der Waals surface area contributed by atoms with E-state index in [1.165, 1.54) is 16.7 Å². The first kappa shape index (κ1) is 34.0. The van der Waals surface area contributed by atoms with Gasteiger partial charge in [0, 0.05) is 18.0 Å². The first-order valence-electron chi connectivity index (χ1n) is 16.4. The summed E-state index contributed by atoms with van der Waals surface area (Å²) in [7, 11) is 0. The normalized spacial score (nSPS) is 15.5. The van der Waals surface area contributed by atoms with Crippen molar-refractivity contribution in [3.63, 3.8) is 0 Å². The van der Waals surface area contributed by atoms with Gasteiger partial charge in [0.15, 0.2) is 0 Å². The van der Waals surface area contributed by atoms with Crippen molar-refractivity contribution in [2.75, 3.05) is 0 Å². The first-order chi connectivity index (χ1) is 23.6. The molecule has 8 rings (SSSR count). The fourth-order valence-corrected chi connectivity index (χ4v) is 6.85. The molecule has 1 aliphatic rings. The Morgan fingerprint density at radius 2 is 1.43 bits per heavy atom. The molecule has 0 bridgehead atoms. The Balaban J connectivity index is 0.000000254. The van der Waals surface area contributed by atoms with E-state index in [1.54, 1.807) is 6.92 Å². The summed E-state index contributed by atoms with van der Waals surface area (Å²) in [6, 6.07) is 56.7. The molecular formula is C44H36IrN3O. The minimum Gasteiger partial charge on any atom is -0.682 e. The van der Waals surface area contributed by atoms with E-state index in [9.17, 15) is 0 Å². The summed E-state index contributed by atoms with van der Waals surface area (Å²) >= 11 is 0. The molecule has 242 valence electrons. The molecule has 5 heteroatoms. The Morgan fingerprint density at radius 3 is 2.20 bits per heavy atom. The molecule has 0 fully saturated rings. The van der Waals surface area contributed by atoms with Crippen LogP contribution in [0.3, 0.4) is 0 Å². The Hall–Kier alpha value is -4.93. The van der Waals surface area contributed by atoms with E-state index in [-0.39, 0.29) is 32.3 Å². The molecule has 0 spiro atoms. The van der Waals surface area contributed by atoms with E-state index in [0.29, 0.717) is 0 Å². The zero-order chi connectivity index (χ0) is 32.9. The second-order valence-electron chi connectivity index (χ2n) is 12.2. The second-order valence-corrected chi connectivity index (χ2v) is 12.2. The molecule has 2 unspecified atom stereocenters. The summed E-state index contributed by atoms with van der Waals surface area (Å²) in [5.41, 5.74) is 8.74. The van der Waals surface area contributed by atoms with Crippen molar-refractivity contribution in [3.05, 3.63) is 192 Å². The molecule has 1 N–H and O–H groups in total. The minimum absolute atomic E-state index is 0. The zero-order valence-electron chi connectivity index (χ0n) is 27.4. The monoisotopic (exact) mass is 815 g/mol. The summed E-state index contributed by atoms with van der Waals surface area (Å²) in [5.74, 6) is 0. The van der Waals surface area contributed by atoms with Gasteiger partial charge in [-0.3, -0.25) is 9.97 Å². The van der Waals surface area contributed by atoms with Gasteiger partial charge in [-0.2, -0.15) is 24.3 Å². The maximum atomic E-state index is 9.14. The average Bonchev–Trinajstić information content (AvgIpc) is 3.43.